The van der Waals surface area contributed by atoms with Crippen molar-refractivity contribution in [3.63, 3.8) is 0 Å². The summed E-state index contributed by atoms with van der Waals surface area (Å²) >= 11 is 0. The van der Waals surface area contributed by atoms with Crippen molar-refractivity contribution < 1.29 is 14.7 Å². The molecule has 0 unspecified atom stereocenters. The molecule has 6 heteroatoms. The summed E-state index contributed by atoms with van der Waals surface area (Å²) in [6, 6.07) is 3.04. The SMILES string of the molecule is CNC(=O)CN(C)c1cc(C(=O)O)cc(C(C)(C)C)n1. The summed E-state index contributed by atoms with van der Waals surface area (Å²) in [5.74, 6) is -0.696. The van der Waals surface area contributed by atoms with Crippen molar-refractivity contribution in [2.24, 2.45) is 0 Å². The van der Waals surface area contributed by atoms with Gasteiger partial charge in [0, 0.05) is 25.2 Å². The molecule has 20 heavy (non-hydrogen) atoms. The Hall–Kier alpha value is -2.11. The van der Waals surface area contributed by atoms with E-state index in [1.54, 1.807) is 25.1 Å². The molecule has 0 aliphatic rings. The maximum atomic E-state index is 11.4. The first-order valence-electron chi connectivity index (χ1n) is 6.32. The van der Waals surface area contributed by atoms with Crippen molar-refractivity contribution in [3.05, 3.63) is 23.4 Å². The van der Waals surface area contributed by atoms with Crippen LogP contribution in [0.25, 0.3) is 0 Å². The Morgan fingerprint density at radius 1 is 1.35 bits per heavy atom. The standard InChI is InChI=1S/C14H21N3O3/c1-14(2,3)10-6-9(13(19)20)7-11(16-10)17(5)8-12(18)15-4/h6-7H,8H2,1-5H3,(H,15,18)(H,19,20). The molecule has 110 valence electrons. The third-order valence-corrected chi connectivity index (χ3v) is 2.88. The van der Waals surface area contributed by atoms with E-state index in [0.29, 0.717) is 11.5 Å². The molecule has 0 radical (unpaired) electrons. The summed E-state index contributed by atoms with van der Waals surface area (Å²) in [7, 11) is 3.26. The number of anilines is 1. The average Bonchev–Trinajstić information content (AvgIpc) is 2.36. The lowest BCUT2D eigenvalue weighted by atomic mass is 9.90. The number of rotatable bonds is 4. The predicted molar refractivity (Wildman–Crippen MR) is 77.2 cm³/mol. The molecule has 0 bridgehead atoms. The molecule has 1 aromatic rings. The molecule has 0 spiro atoms. The van der Waals surface area contributed by atoms with E-state index in [1.165, 1.54) is 6.07 Å². The van der Waals surface area contributed by atoms with Crippen LogP contribution in [-0.2, 0) is 10.2 Å². The van der Waals surface area contributed by atoms with Crippen LogP contribution in [0.1, 0.15) is 36.8 Å². The van der Waals surface area contributed by atoms with Crippen LogP contribution < -0.4 is 10.2 Å². The van der Waals surface area contributed by atoms with Gasteiger partial charge in [-0.05, 0) is 12.1 Å². The van der Waals surface area contributed by atoms with E-state index in [0.717, 1.165) is 0 Å². The largest absolute Gasteiger partial charge is 0.478 e. The van der Waals surface area contributed by atoms with Crippen LogP contribution in [0, 0.1) is 0 Å². The van der Waals surface area contributed by atoms with Crippen LogP contribution in [0.4, 0.5) is 5.82 Å². The first kappa shape index (κ1) is 15.9. The monoisotopic (exact) mass is 279 g/mol. The van der Waals surface area contributed by atoms with Gasteiger partial charge in [-0.15, -0.1) is 0 Å². The maximum absolute atomic E-state index is 11.4. The predicted octanol–water partition coefficient (Wildman–Crippen LogP) is 1.26. The summed E-state index contributed by atoms with van der Waals surface area (Å²) < 4.78 is 0. The van der Waals surface area contributed by atoms with Crippen molar-refractivity contribution in [2.45, 2.75) is 26.2 Å². The number of likely N-dealkylation sites (N-methyl/N-ethyl adjacent to an activating group) is 2. The number of hydrogen-bond acceptors (Lipinski definition) is 4. The molecule has 1 rings (SSSR count). The molecular formula is C14H21N3O3. The molecule has 1 aromatic heterocycles. The van der Waals surface area contributed by atoms with Gasteiger partial charge in [-0.1, -0.05) is 20.8 Å². The fourth-order valence-corrected chi connectivity index (χ4v) is 1.59. The lowest BCUT2D eigenvalue weighted by Crippen LogP contribution is -2.34. The number of carboxylic acid groups (broad SMARTS) is 1. The van der Waals surface area contributed by atoms with E-state index in [4.69, 9.17) is 0 Å². The molecule has 0 saturated heterocycles. The van der Waals surface area contributed by atoms with Crippen molar-refractivity contribution in [2.75, 3.05) is 25.5 Å². The Morgan fingerprint density at radius 2 is 1.95 bits per heavy atom. The zero-order valence-corrected chi connectivity index (χ0v) is 12.5. The molecule has 0 aliphatic heterocycles. The Bertz CT molecular complexity index is 521. The van der Waals surface area contributed by atoms with E-state index in [9.17, 15) is 14.7 Å². The van der Waals surface area contributed by atoms with Crippen LogP contribution in [0.2, 0.25) is 0 Å². The first-order valence-corrected chi connectivity index (χ1v) is 6.32. The normalized spacial score (nSPS) is 11.1. The number of aromatic carboxylic acids is 1. The van der Waals surface area contributed by atoms with E-state index < -0.39 is 5.97 Å². The van der Waals surface area contributed by atoms with E-state index >= 15 is 0 Å². The third kappa shape index (κ3) is 3.94. The summed E-state index contributed by atoms with van der Waals surface area (Å²) in [4.78, 5) is 28.7. The summed E-state index contributed by atoms with van der Waals surface area (Å²) in [5, 5.41) is 11.7. The first-order chi connectivity index (χ1) is 9.15. The van der Waals surface area contributed by atoms with E-state index in [-0.39, 0.29) is 23.4 Å². The van der Waals surface area contributed by atoms with Crippen molar-refractivity contribution >= 4 is 17.7 Å². The van der Waals surface area contributed by atoms with Gasteiger partial charge in [0.1, 0.15) is 5.82 Å². The highest BCUT2D eigenvalue weighted by Gasteiger charge is 2.20. The van der Waals surface area contributed by atoms with Gasteiger partial charge in [0.15, 0.2) is 0 Å². The number of nitrogens with one attached hydrogen (secondary N) is 1. The zero-order valence-electron chi connectivity index (χ0n) is 12.5. The van der Waals surface area contributed by atoms with E-state index in [2.05, 4.69) is 10.3 Å². The molecule has 0 aromatic carbocycles. The molecule has 6 nitrogen and oxygen atoms in total. The average molecular weight is 279 g/mol. The van der Waals surface area contributed by atoms with Gasteiger partial charge >= 0.3 is 5.97 Å². The van der Waals surface area contributed by atoms with Crippen molar-refractivity contribution in [1.82, 2.24) is 10.3 Å². The zero-order chi connectivity index (χ0) is 15.5. The quantitative estimate of drug-likeness (QED) is 0.867. The summed E-state index contributed by atoms with van der Waals surface area (Å²) in [5.41, 5.74) is 0.577. The lowest BCUT2D eigenvalue weighted by Gasteiger charge is -2.23. The number of nitrogens with zero attached hydrogens (tertiary/aromatic N) is 2. The number of aromatic nitrogens is 1. The minimum absolute atomic E-state index is 0.121. The van der Waals surface area contributed by atoms with Gasteiger partial charge in [0.05, 0.1) is 12.1 Å². The van der Waals surface area contributed by atoms with Crippen molar-refractivity contribution in [1.29, 1.82) is 0 Å². The maximum Gasteiger partial charge on any atom is 0.335 e. The summed E-state index contributed by atoms with van der Waals surface area (Å²) in [6.07, 6.45) is 0. The van der Waals surface area contributed by atoms with Crippen molar-refractivity contribution in [3.8, 4) is 0 Å². The minimum atomic E-state index is -1.01. The number of amides is 1. The second kappa shape index (κ2) is 5.90. The number of hydrogen-bond donors (Lipinski definition) is 2. The number of pyridine rings is 1. The van der Waals surface area contributed by atoms with Crippen LogP contribution in [0.3, 0.4) is 0 Å². The topological polar surface area (TPSA) is 82.5 Å². The molecule has 0 fully saturated rings. The van der Waals surface area contributed by atoms with Gasteiger partial charge in [-0.3, -0.25) is 4.79 Å². The molecule has 2 N–H and O–H groups in total. The minimum Gasteiger partial charge on any atom is -0.478 e. The fraction of sp³-hybridized carbons (Fsp3) is 0.500. The van der Waals surface area contributed by atoms with Crippen LogP contribution in [-0.4, -0.2) is 42.6 Å². The Kier molecular flexibility index (Phi) is 4.70. The molecule has 0 atom stereocenters. The molecule has 1 amide bonds. The lowest BCUT2D eigenvalue weighted by molar-refractivity contribution is -0.119. The van der Waals surface area contributed by atoms with Crippen LogP contribution in [0.5, 0.6) is 0 Å². The van der Waals surface area contributed by atoms with Gasteiger partial charge in [-0.2, -0.15) is 0 Å². The highest BCUT2D eigenvalue weighted by Crippen LogP contribution is 2.24. The molecular weight excluding hydrogens is 258 g/mol. The number of carboxylic acids is 1. The molecule has 0 saturated carbocycles. The Balaban J connectivity index is 3.22. The number of carbonyl (C=O) groups is 2. The van der Waals surface area contributed by atoms with Gasteiger partial charge in [-0.25, -0.2) is 9.78 Å². The van der Waals surface area contributed by atoms with Gasteiger partial charge in [0.25, 0.3) is 0 Å². The van der Waals surface area contributed by atoms with Crippen LogP contribution >= 0.6 is 0 Å². The fourth-order valence-electron chi connectivity index (χ4n) is 1.59. The smallest absolute Gasteiger partial charge is 0.335 e. The second-order valence-electron chi connectivity index (χ2n) is 5.68. The Labute approximate surface area is 118 Å². The highest BCUT2D eigenvalue weighted by atomic mass is 16.4. The third-order valence-electron chi connectivity index (χ3n) is 2.88. The van der Waals surface area contributed by atoms with Gasteiger partial charge in [0.2, 0.25) is 5.91 Å². The number of carbonyl (C=O) groups excluding carboxylic acids is 1. The Morgan fingerprint density at radius 3 is 2.40 bits per heavy atom. The van der Waals surface area contributed by atoms with Gasteiger partial charge < -0.3 is 15.3 Å². The highest BCUT2D eigenvalue weighted by molar-refractivity contribution is 5.89. The van der Waals surface area contributed by atoms with Crippen LogP contribution in [0.15, 0.2) is 12.1 Å². The van der Waals surface area contributed by atoms with E-state index in [1.807, 2.05) is 20.8 Å². The molecule has 0 aliphatic carbocycles. The molecule has 1 heterocycles. The summed E-state index contributed by atoms with van der Waals surface area (Å²) in [6.45, 7) is 6.01. The second-order valence-corrected chi connectivity index (χ2v) is 5.68.